The number of ether oxygens (including phenoxy) is 1. The molecule has 1 spiro atoms. The number of morpholine rings is 1. The van der Waals surface area contributed by atoms with Crippen LogP contribution in [-0.4, -0.2) is 124 Å². The van der Waals surface area contributed by atoms with Crippen molar-refractivity contribution < 1.29 is 24.2 Å². The molecule has 0 radical (unpaired) electrons. The van der Waals surface area contributed by atoms with E-state index in [2.05, 4.69) is 25.0 Å². The van der Waals surface area contributed by atoms with Crippen molar-refractivity contribution in [1.82, 2.24) is 19.6 Å². The van der Waals surface area contributed by atoms with E-state index in [9.17, 15) is 9.90 Å². The molecule has 7 atom stereocenters. The lowest BCUT2D eigenvalue weighted by molar-refractivity contribution is -0.147. The molecule has 4 fully saturated rings. The van der Waals surface area contributed by atoms with Crippen LogP contribution in [0.15, 0.2) is 86.0 Å². The Bertz CT molecular complexity index is 1490. The van der Waals surface area contributed by atoms with Crippen LogP contribution in [-0.2, 0) is 32.1 Å². The highest BCUT2D eigenvalue weighted by atomic mass is 32.2. The molecule has 262 valence electrons. The number of likely N-dealkylation sites (tertiary alicyclic amines) is 1. The number of rotatable bonds is 15. The predicted molar refractivity (Wildman–Crippen MR) is 193 cm³/mol. The van der Waals surface area contributed by atoms with Gasteiger partial charge in [0, 0.05) is 51.1 Å². The average Bonchev–Trinajstić information content (AvgIpc) is 3.73. The maximum Gasteiger partial charge on any atom is 0.247 e. The topological polar surface area (TPSA) is 93.6 Å². The summed E-state index contributed by atoms with van der Waals surface area (Å²) >= 11 is 1.68. The number of fused-ring (bicyclic) bond motifs is 1. The Kier molecular flexibility index (Phi) is 11.3. The largest absolute Gasteiger partial charge is 0.394 e. The third-order valence-electron chi connectivity index (χ3n) is 10.9. The molecule has 4 aliphatic rings. The molecule has 10 heteroatoms. The van der Waals surface area contributed by atoms with Crippen molar-refractivity contribution in [3.05, 3.63) is 97.1 Å². The quantitative estimate of drug-likeness (QED) is 0.287. The van der Waals surface area contributed by atoms with E-state index in [1.54, 1.807) is 33.7 Å². The molecular weight excluding hydrogens is 637 g/mol. The zero-order valence-electron chi connectivity index (χ0n) is 28.6. The number of aliphatic hydroxyl groups is 1. The number of carbonyl (C=O) groups is 3. The summed E-state index contributed by atoms with van der Waals surface area (Å²) in [5.41, 5.74) is 1.98. The van der Waals surface area contributed by atoms with Crippen molar-refractivity contribution in [2.24, 2.45) is 17.8 Å². The predicted octanol–water partition coefficient (Wildman–Crippen LogP) is 3.49. The average molecular weight is 687 g/mol. The molecule has 4 saturated heterocycles. The van der Waals surface area contributed by atoms with Gasteiger partial charge >= 0.3 is 0 Å². The van der Waals surface area contributed by atoms with Gasteiger partial charge in [0.1, 0.15) is 6.04 Å². The van der Waals surface area contributed by atoms with Crippen molar-refractivity contribution in [2.75, 3.05) is 59.1 Å². The maximum absolute atomic E-state index is 15.1. The highest BCUT2D eigenvalue weighted by molar-refractivity contribution is 8.02. The third-order valence-corrected chi connectivity index (χ3v) is 13.0. The summed E-state index contributed by atoms with van der Waals surface area (Å²) in [6.07, 6.45) is 4.63. The Hall–Kier alpha value is -3.44. The number of thioether (sulfide) groups is 1. The van der Waals surface area contributed by atoms with Gasteiger partial charge in [-0.15, -0.1) is 24.9 Å². The van der Waals surface area contributed by atoms with Gasteiger partial charge in [0.25, 0.3) is 0 Å². The van der Waals surface area contributed by atoms with E-state index in [1.165, 1.54) is 0 Å². The molecule has 4 heterocycles. The van der Waals surface area contributed by atoms with Crippen LogP contribution in [0.5, 0.6) is 0 Å². The molecule has 3 amide bonds. The highest BCUT2D eigenvalue weighted by Gasteiger charge is 2.77. The normalized spacial score (nSPS) is 28.2. The van der Waals surface area contributed by atoms with E-state index in [1.807, 2.05) is 65.6 Å². The first-order chi connectivity index (χ1) is 23.8. The lowest BCUT2D eigenvalue weighted by atomic mass is 9.65. The van der Waals surface area contributed by atoms with Crippen LogP contribution in [0.1, 0.15) is 24.5 Å². The molecule has 1 N–H and O–H groups in total. The van der Waals surface area contributed by atoms with Crippen LogP contribution in [0.3, 0.4) is 0 Å². The zero-order chi connectivity index (χ0) is 34.5. The van der Waals surface area contributed by atoms with Gasteiger partial charge in [-0.3, -0.25) is 19.3 Å². The number of hydrogen-bond acceptors (Lipinski definition) is 7. The van der Waals surface area contributed by atoms with Gasteiger partial charge in [0.05, 0.1) is 42.4 Å². The molecular formula is C39H50N4O5S. The first-order valence-corrected chi connectivity index (χ1v) is 18.5. The van der Waals surface area contributed by atoms with Crippen molar-refractivity contribution in [3.63, 3.8) is 0 Å². The standard InChI is InChI=1S/C39H50N4O5S/c1-4-16-41(19-18-40-20-22-48-23-21-40)38(47)35-39-28(3)24-32(49-39)33(36(45)42(17-5-2)26-30-14-10-7-11-15-30)34(39)37(46)43(35)31(27-44)25-29-12-8-6-9-13-29/h4-15,28,31-35,44H,1-2,16-27H2,3H3/t28?,31-,32-,33+,34+,35?,39?/m1/s1. The fourth-order valence-corrected chi connectivity index (χ4v) is 11.1. The summed E-state index contributed by atoms with van der Waals surface area (Å²) in [7, 11) is 0. The fourth-order valence-electron chi connectivity index (χ4n) is 8.66. The molecule has 4 aliphatic heterocycles. The Labute approximate surface area is 294 Å². The molecule has 49 heavy (non-hydrogen) atoms. The number of amides is 3. The number of hydrogen-bond donors (Lipinski definition) is 1. The van der Waals surface area contributed by atoms with Crippen molar-refractivity contribution in [3.8, 4) is 0 Å². The Morgan fingerprint density at radius 1 is 1.00 bits per heavy atom. The molecule has 2 aromatic rings. The Balaban J connectivity index is 1.38. The molecule has 0 saturated carbocycles. The third kappa shape index (κ3) is 6.85. The zero-order valence-corrected chi connectivity index (χ0v) is 29.4. The van der Waals surface area contributed by atoms with Gasteiger partial charge in [-0.1, -0.05) is 79.7 Å². The van der Waals surface area contributed by atoms with Gasteiger partial charge < -0.3 is 24.5 Å². The molecule has 9 nitrogen and oxygen atoms in total. The number of benzene rings is 2. The van der Waals surface area contributed by atoms with Gasteiger partial charge in [-0.25, -0.2) is 0 Å². The first-order valence-electron chi connectivity index (χ1n) is 17.6. The molecule has 2 aromatic carbocycles. The van der Waals surface area contributed by atoms with E-state index in [-0.39, 0.29) is 35.5 Å². The van der Waals surface area contributed by atoms with Crippen LogP contribution >= 0.6 is 11.8 Å². The Morgan fingerprint density at radius 2 is 1.63 bits per heavy atom. The summed E-state index contributed by atoms with van der Waals surface area (Å²) in [5.74, 6) is -1.63. The highest BCUT2D eigenvalue weighted by Crippen LogP contribution is 2.69. The van der Waals surface area contributed by atoms with Gasteiger partial charge in [0.2, 0.25) is 17.7 Å². The second-order valence-corrected chi connectivity index (χ2v) is 15.4. The lowest BCUT2D eigenvalue weighted by Gasteiger charge is -2.42. The van der Waals surface area contributed by atoms with Crippen LogP contribution < -0.4 is 0 Å². The van der Waals surface area contributed by atoms with Gasteiger partial charge in [-0.05, 0) is 29.9 Å². The van der Waals surface area contributed by atoms with Crippen molar-refractivity contribution >= 4 is 29.5 Å². The van der Waals surface area contributed by atoms with E-state index in [0.717, 1.165) is 30.6 Å². The van der Waals surface area contributed by atoms with Gasteiger partial charge in [0.15, 0.2) is 0 Å². The van der Waals surface area contributed by atoms with Crippen molar-refractivity contribution in [1.29, 1.82) is 0 Å². The van der Waals surface area contributed by atoms with Gasteiger partial charge in [-0.2, -0.15) is 0 Å². The first kappa shape index (κ1) is 35.4. The minimum Gasteiger partial charge on any atom is -0.394 e. The fraction of sp³-hybridized carbons (Fsp3) is 0.513. The van der Waals surface area contributed by atoms with E-state index in [0.29, 0.717) is 52.4 Å². The molecule has 6 rings (SSSR count). The smallest absolute Gasteiger partial charge is 0.247 e. The summed E-state index contributed by atoms with van der Waals surface area (Å²) in [6, 6.07) is 18.2. The number of aliphatic hydroxyl groups excluding tert-OH is 1. The molecule has 3 unspecified atom stereocenters. The number of carbonyl (C=O) groups excluding carboxylic acids is 3. The van der Waals surface area contributed by atoms with Crippen LogP contribution in [0.25, 0.3) is 0 Å². The molecule has 2 bridgehead atoms. The second-order valence-electron chi connectivity index (χ2n) is 13.8. The summed E-state index contributed by atoms with van der Waals surface area (Å²) in [6.45, 7) is 15.0. The van der Waals surface area contributed by atoms with E-state index >= 15 is 9.59 Å². The van der Waals surface area contributed by atoms with Crippen LogP contribution in [0.4, 0.5) is 0 Å². The van der Waals surface area contributed by atoms with E-state index in [4.69, 9.17) is 4.74 Å². The molecule has 0 aromatic heterocycles. The Morgan fingerprint density at radius 3 is 2.27 bits per heavy atom. The van der Waals surface area contributed by atoms with Crippen molar-refractivity contribution in [2.45, 2.75) is 48.4 Å². The minimum atomic E-state index is -0.819. The van der Waals surface area contributed by atoms with Crippen LogP contribution in [0.2, 0.25) is 0 Å². The molecule has 0 aliphatic carbocycles. The maximum atomic E-state index is 15.1. The lowest BCUT2D eigenvalue weighted by Crippen LogP contribution is -2.60. The summed E-state index contributed by atoms with van der Waals surface area (Å²) in [5, 5.41) is 10.8. The minimum absolute atomic E-state index is 0.0160. The monoisotopic (exact) mass is 686 g/mol. The SMILES string of the molecule is C=CCN(CCN1CCOCC1)C(=O)C1N([C@@H](CO)Cc2ccccc2)C(=O)[C@@H]2[C@@H](C(=O)N(CC=C)Cc3ccccc3)[C@H]3CC(C)C12S3. The van der Waals surface area contributed by atoms with E-state index < -0.39 is 28.7 Å². The second kappa shape index (κ2) is 15.6. The van der Waals surface area contributed by atoms with Crippen LogP contribution in [0, 0.1) is 17.8 Å². The summed E-state index contributed by atoms with van der Waals surface area (Å²) in [4.78, 5) is 52.5. The summed E-state index contributed by atoms with van der Waals surface area (Å²) < 4.78 is 4.74. The number of nitrogens with zero attached hydrogens (tertiary/aromatic N) is 4.